The summed E-state index contributed by atoms with van der Waals surface area (Å²) in [7, 11) is 1.41. The topological polar surface area (TPSA) is 89.6 Å². The van der Waals surface area contributed by atoms with Gasteiger partial charge in [0.25, 0.3) is 0 Å². The average Bonchev–Trinajstić information content (AvgIpc) is 3.51. The van der Waals surface area contributed by atoms with E-state index in [0.717, 1.165) is 93.3 Å². The van der Waals surface area contributed by atoms with Crippen LogP contribution in [0.25, 0.3) is 21.5 Å². The molecule has 0 bridgehead atoms. The van der Waals surface area contributed by atoms with Crippen LogP contribution in [0.4, 0.5) is 5.69 Å². The summed E-state index contributed by atoms with van der Waals surface area (Å²) in [4.78, 5) is 21.6. The first-order valence-electron chi connectivity index (χ1n) is 23.3. The zero-order valence-electron chi connectivity index (χ0n) is 39.3. The van der Waals surface area contributed by atoms with E-state index in [4.69, 9.17) is 15.1 Å². The van der Waals surface area contributed by atoms with Crippen molar-refractivity contribution in [3.8, 4) is 0 Å². The van der Waals surface area contributed by atoms with Gasteiger partial charge in [0, 0.05) is 45.9 Å². The van der Waals surface area contributed by atoms with Crippen molar-refractivity contribution in [1.29, 1.82) is 10.8 Å². The number of ether oxygens (including phenoxy) is 1. The van der Waals surface area contributed by atoms with E-state index in [2.05, 4.69) is 157 Å². The fourth-order valence-corrected chi connectivity index (χ4v) is 12.4. The summed E-state index contributed by atoms with van der Waals surface area (Å²) in [5.74, 6) is -0.315. The molecule has 2 aliphatic rings. The van der Waals surface area contributed by atoms with Crippen molar-refractivity contribution in [3.63, 3.8) is 0 Å². The Hall–Kier alpha value is -4.31. The van der Waals surface area contributed by atoms with E-state index >= 15 is 0 Å². The van der Waals surface area contributed by atoms with Gasteiger partial charge in [-0.1, -0.05) is 183 Å². The number of allylic oxidation sites excluding steroid dienone is 7. The number of carbonyl (C=O) groups excluding carboxylic acids is 1. The van der Waals surface area contributed by atoms with Crippen molar-refractivity contribution in [3.05, 3.63) is 136 Å². The molecule has 1 aliphatic heterocycles. The number of nitrogens with one attached hydrogen (secondary N) is 2. The van der Waals surface area contributed by atoms with Crippen LogP contribution >= 0.6 is 35.3 Å². The second kappa shape index (κ2) is 22.7. The maximum Gasteiger partial charge on any atom is 0.319 e. The molecule has 0 fully saturated rings. The van der Waals surface area contributed by atoms with E-state index in [1.807, 2.05) is 0 Å². The number of nitrogens with zero attached hydrogens (tertiary/aromatic N) is 2. The highest BCUT2D eigenvalue weighted by molar-refractivity contribution is 8.54. The maximum absolute atomic E-state index is 12.7. The normalized spacial score (nSPS) is 17.2. The number of rotatable bonds is 17. The molecule has 1 aliphatic carbocycles. The number of carbonyl (C=O) groups is 1. The first-order valence-corrected chi connectivity index (χ1v) is 25.8. The van der Waals surface area contributed by atoms with Crippen LogP contribution in [-0.4, -0.2) is 45.9 Å². The molecule has 4 aromatic carbocycles. The number of unbranched alkanes of at least 4 members (excludes halogenated alkanes) is 3. The highest BCUT2D eigenvalue weighted by atomic mass is 32.2. The molecule has 0 saturated heterocycles. The smallest absolute Gasteiger partial charge is 0.319 e. The average molecular weight is 913 g/mol. The van der Waals surface area contributed by atoms with Gasteiger partial charge < -0.3 is 9.64 Å². The monoisotopic (exact) mass is 912 g/mol. The maximum atomic E-state index is 12.7. The highest BCUT2D eigenvalue weighted by Crippen LogP contribution is 2.51. The standard InChI is InChI=1S/C55H68N4O2S3/c1-9-12-29-46(51(60)61-8)62-52(56)64-53(57)63-50-40(31-34-47(58-36-13-10-2)54(4,5)44-28-20-23-38-21-15-17-26-42(38)44)24-19-25-41(50)32-35-48-55(6,7)49-43-27-18-16-22-39(43)30-33-45(49)59(48)37-14-11-3/h15-18,20-23,26-28,30-35,46,56-57H,9-14,19,24-25,29,36-37H2,1-8H3/b34-31+,41-32+,48-35+,56-52?,57-53?,58-47?. The van der Waals surface area contributed by atoms with Gasteiger partial charge in [-0.2, -0.15) is 0 Å². The van der Waals surface area contributed by atoms with Crippen LogP contribution in [0, 0.1) is 10.8 Å². The van der Waals surface area contributed by atoms with Crippen molar-refractivity contribution in [2.45, 2.75) is 129 Å². The van der Waals surface area contributed by atoms with E-state index in [-0.39, 0.29) is 21.2 Å². The number of thioether (sulfide) groups is 3. The van der Waals surface area contributed by atoms with Gasteiger partial charge in [-0.05, 0) is 112 Å². The molecule has 0 amide bonds. The van der Waals surface area contributed by atoms with Gasteiger partial charge in [-0.3, -0.25) is 20.6 Å². The number of fused-ring (bicyclic) bond motifs is 4. The molecule has 0 saturated carbocycles. The minimum atomic E-state index is -0.459. The summed E-state index contributed by atoms with van der Waals surface area (Å²) in [5.41, 5.74) is 8.05. The lowest BCUT2D eigenvalue weighted by Crippen LogP contribution is -2.28. The molecular weight excluding hydrogens is 845 g/mol. The Morgan fingerprint density at radius 1 is 0.859 bits per heavy atom. The lowest BCUT2D eigenvalue weighted by Gasteiger charge is -2.28. The van der Waals surface area contributed by atoms with E-state index < -0.39 is 5.25 Å². The molecule has 1 heterocycles. The minimum absolute atomic E-state index is 0.227. The van der Waals surface area contributed by atoms with Crippen molar-refractivity contribution in [2.75, 3.05) is 25.1 Å². The minimum Gasteiger partial charge on any atom is -0.468 e. The number of methoxy groups -OCH3 is 1. The Morgan fingerprint density at radius 3 is 2.27 bits per heavy atom. The summed E-state index contributed by atoms with van der Waals surface area (Å²) in [5, 5.41) is 22.8. The number of hydrogen-bond acceptors (Lipinski definition) is 9. The summed E-state index contributed by atoms with van der Waals surface area (Å²) in [6.45, 7) is 17.6. The molecule has 9 heteroatoms. The van der Waals surface area contributed by atoms with E-state index in [0.29, 0.717) is 10.8 Å². The predicted molar refractivity (Wildman–Crippen MR) is 283 cm³/mol. The number of benzene rings is 4. The fraction of sp³-hybridized carbons (Fsp3) is 0.418. The molecule has 6 rings (SSSR count). The molecule has 0 radical (unpaired) electrons. The number of esters is 1. The number of anilines is 1. The van der Waals surface area contributed by atoms with Crippen LogP contribution in [0.3, 0.4) is 0 Å². The van der Waals surface area contributed by atoms with Crippen LogP contribution < -0.4 is 4.90 Å². The van der Waals surface area contributed by atoms with Gasteiger partial charge in [0.15, 0.2) is 0 Å². The molecular formula is C55H68N4O2S3. The zero-order valence-corrected chi connectivity index (χ0v) is 41.8. The van der Waals surface area contributed by atoms with Crippen molar-refractivity contribution < 1.29 is 9.53 Å². The Bertz CT molecular complexity index is 2490. The van der Waals surface area contributed by atoms with Crippen LogP contribution in [0.2, 0.25) is 0 Å². The molecule has 1 atom stereocenters. The van der Waals surface area contributed by atoms with Crippen molar-refractivity contribution in [1.82, 2.24) is 0 Å². The number of aliphatic imine (C=N–C) groups is 1. The molecule has 2 N–H and O–H groups in total. The van der Waals surface area contributed by atoms with E-state index in [9.17, 15) is 10.2 Å². The quantitative estimate of drug-likeness (QED) is 0.0475. The molecule has 0 spiro atoms. The Balaban J connectivity index is 1.43. The third kappa shape index (κ3) is 11.4. The van der Waals surface area contributed by atoms with E-state index in [1.54, 1.807) is 0 Å². The summed E-state index contributed by atoms with van der Waals surface area (Å²) < 4.78 is 5.65. The first-order chi connectivity index (χ1) is 30.8. The van der Waals surface area contributed by atoms with E-state index in [1.165, 1.54) is 85.8 Å². The van der Waals surface area contributed by atoms with Gasteiger partial charge in [0.05, 0.1) is 7.11 Å². The lowest BCUT2D eigenvalue weighted by atomic mass is 9.77. The van der Waals surface area contributed by atoms with Crippen molar-refractivity contribution in [2.24, 2.45) is 4.99 Å². The Morgan fingerprint density at radius 2 is 1.55 bits per heavy atom. The molecule has 0 aromatic heterocycles. The largest absolute Gasteiger partial charge is 0.468 e. The third-order valence-corrected chi connectivity index (χ3v) is 15.9. The molecule has 338 valence electrons. The highest BCUT2D eigenvalue weighted by Gasteiger charge is 2.41. The summed E-state index contributed by atoms with van der Waals surface area (Å²) in [6.07, 6.45) is 18.7. The Labute approximate surface area is 396 Å². The fourth-order valence-electron chi connectivity index (χ4n) is 9.12. The van der Waals surface area contributed by atoms with Crippen molar-refractivity contribution >= 4 is 83.0 Å². The van der Waals surface area contributed by atoms with Crippen LogP contribution in [0.15, 0.2) is 130 Å². The predicted octanol–water partition coefficient (Wildman–Crippen LogP) is 15.7. The summed E-state index contributed by atoms with van der Waals surface area (Å²) in [6, 6.07) is 28.5. The van der Waals surface area contributed by atoms with Gasteiger partial charge >= 0.3 is 5.97 Å². The summed E-state index contributed by atoms with van der Waals surface area (Å²) >= 11 is 3.77. The zero-order chi connectivity index (χ0) is 45.9. The molecule has 1 unspecified atom stereocenters. The van der Waals surface area contributed by atoms with Crippen LogP contribution in [0.5, 0.6) is 0 Å². The van der Waals surface area contributed by atoms with Gasteiger partial charge in [0.2, 0.25) is 0 Å². The van der Waals surface area contributed by atoms with Crippen LogP contribution in [0.1, 0.15) is 124 Å². The second-order valence-electron chi connectivity index (χ2n) is 17.9. The Kier molecular flexibility index (Phi) is 17.5. The SMILES string of the molecule is CCCCN=C(/C=C/C1=C(SC(=N)SC(=N)SC(CCCC)C(=O)OC)C(=C/C=C2/N(CCCC)c3ccc4ccccc4c3C2(C)C)/CCC1)C(C)(C)c1cccc2ccccc12. The molecule has 4 aromatic rings. The van der Waals surface area contributed by atoms with Gasteiger partial charge in [0.1, 0.15) is 14.0 Å². The number of hydrogen-bond donors (Lipinski definition) is 2. The second-order valence-corrected chi connectivity index (χ2v) is 21.7. The molecule has 64 heavy (non-hydrogen) atoms. The third-order valence-electron chi connectivity index (χ3n) is 12.7. The first kappa shape index (κ1) is 49.1. The van der Waals surface area contributed by atoms with Crippen LogP contribution in [-0.2, 0) is 20.4 Å². The van der Waals surface area contributed by atoms with Gasteiger partial charge in [-0.25, -0.2) is 0 Å². The molecule has 6 nitrogen and oxygen atoms in total. The lowest BCUT2D eigenvalue weighted by molar-refractivity contribution is -0.140. The van der Waals surface area contributed by atoms with Gasteiger partial charge in [-0.15, -0.1) is 0 Å².